The van der Waals surface area contributed by atoms with Crippen molar-refractivity contribution in [2.75, 3.05) is 0 Å². The SMILES string of the molecule is O=c1cc(-c2ccc[nH]c2=O)c2ccc(Sc3ncc(C(O)(C4CC4)C(F)(F)F)s3)cc2o1. The van der Waals surface area contributed by atoms with E-state index >= 15 is 0 Å². The lowest BCUT2D eigenvalue weighted by molar-refractivity contribution is -0.274. The van der Waals surface area contributed by atoms with Crippen LogP contribution in [0.15, 0.2) is 72.0 Å². The minimum absolute atomic E-state index is 0.229. The number of hydrogen-bond donors (Lipinski definition) is 2. The molecule has 5 rings (SSSR count). The van der Waals surface area contributed by atoms with Gasteiger partial charge in [0.1, 0.15) is 5.58 Å². The molecule has 0 amide bonds. The summed E-state index contributed by atoms with van der Waals surface area (Å²) in [5, 5.41) is 11.0. The van der Waals surface area contributed by atoms with Crippen molar-refractivity contribution in [3.8, 4) is 11.1 Å². The highest BCUT2D eigenvalue weighted by Crippen LogP contribution is 2.55. The van der Waals surface area contributed by atoms with Crippen LogP contribution in [0, 0.1) is 5.92 Å². The van der Waals surface area contributed by atoms with Gasteiger partial charge in [0.15, 0.2) is 9.94 Å². The Morgan fingerprint density at radius 2 is 1.94 bits per heavy atom. The van der Waals surface area contributed by atoms with Gasteiger partial charge in [-0.25, -0.2) is 9.78 Å². The third-order valence-electron chi connectivity index (χ3n) is 5.49. The van der Waals surface area contributed by atoms with Crippen LogP contribution in [0.1, 0.15) is 17.7 Å². The molecule has 11 heteroatoms. The number of aliphatic hydroxyl groups is 1. The lowest BCUT2D eigenvalue weighted by Gasteiger charge is -2.29. The van der Waals surface area contributed by atoms with Crippen molar-refractivity contribution in [3.05, 3.63) is 74.4 Å². The summed E-state index contributed by atoms with van der Waals surface area (Å²) in [7, 11) is 0. The van der Waals surface area contributed by atoms with Gasteiger partial charge in [0.05, 0.1) is 4.88 Å². The number of nitrogens with zero attached hydrogens (tertiary/aromatic N) is 1. The van der Waals surface area contributed by atoms with Gasteiger partial charge in [-0.15, -0.1) is 11.3 Å². The number of halogens is 3. The lowest BCUT2D eigenvalue weighted by atomic mass is 9.96. The molecule has 0 saturated heterocycles. The Bertz CT molecular complexity index is 1470. The highest BCUT2D eigenvalue weighted by Gasteiger charge is 2.63. The zero-order valence-corrected chi connectivity index (χ0v) is 18.3. The van der Waals surface area contributed by atoms with Crippen molar-refractivity contribution < 1.29 is 22.7 Å². The maximum absolute atomic E-state index is 13.6. The average molecular weight is 493 g/mol. The second-order valence-electron chi connectivity index (χ2n) is 7.68. The number of pyridine rings is 1. The van der Waals surface area contributed by atoms with E-state index in [0.29, 0.717) is 38.6 Å². The quantitative estimate of drug-likeness (QED) is 0.384. The van der Waals surface area contributed by atoms with E-state index in [-0.39, 0.29) is 16.0 Å². The summed E-state index contributed by atoms with van der Waals surface area (Å²) >= 11 is 1.88. The molecule has 1 aliphatic rings. The van der Waals surface area contributed by atoms with Gasteiger partial charge in [0.2, 0.25) is 0 Å². The number of thiazole rings is 1. The summed E-state index contributed by atoms with van der Waals surface area (Å²) in [6.45, 7) is 0. The van der Waals surface area contributed by atoms with Crippen LogP contribution in [0.25, 0.3) is 22.1 Å². The molecule has 0 spiro atoms. The topological polar surface area (TPSA) is 96.2 Å². The van der Waals surface area contributed by atoms with Crippen LogP contribution >= 0.6 is 23.1 Å². The first-order valence-corrected chi connectivity index (χ1v) is 11.5. The number of fused-ring (bicyclic) bond motifs is 1. The van der Waals surface area contributed by atoms with Crippen molar-refractivity contribution in [1.29, 1.82) is 0 Å². The normalized spacial score (nSPS) is 16.1. The third-order valence-corrected chi connectivity index (χ3v) is 7.68. The molecule has 2 N–H and O–H groups in total. The van der Waals surface area contributed by atoms with E-state index in [2.05, 4.69) is 9.97 Å². The Kier molecular flexibility index (Phi) is 5.22. The maximum atomic E-state index is 13.6. The second kappa shape index (κ2) is 7.86. The Labute approximate surface area is 192 Å². The predicted molar refractivity (Wildman–Crippen MR) is 117 cm³/mol. The molecule has 3 heterocycles. The molecule has 6 nitrogen and oxygen atoms in total. The Balaban J connectivity index is 1.50. The molecule has 1 unspecified atom stereocenters. The molecule has 0 radical (unpaired) electrons. The number of aromatic nitrogens is 2. The monoisotopic (exact) mass is 492 g/mol. The number of hydrogen-bond acceptors (Lipinski definition) is 7. The molecule has 4 aromatic rings. The summed E-state index contributed by atoms with van der Waals surface area (Å²) in [5.74, 6) is -0.856. The van der Waals surface area contributed by atoms with Crippen molar-refractivity contribution in [1.82, 2.24) is 9.97 Å². The van der Waals surface area contributed by atoms with Crippen molar-refractivity contribution in [2.45, 2.75) is 33.9 Å². The summed E-state index contributed by atoms with van der Waals surface area (Å²) in [4.78, 5) is 31.3. The van der Waals surface area contributed by atoms with Crippen LogP contribution < -0.4 is 11.2 Å². The molecule has 1 fully saturated rings. The number of H-pyrrole nitrogens is 1. The van der Waals surface area contributed by atoms with Gasteiger partial charge in [-0.1, -0.05) is 11.8 Å². The fourth-order valence-electron chi connectivity index (χ4n) is 3.72. The zero-order chi connectivity index (χ0) is 23.4. The molecule has 1 aliphatic carbocycles. The maximum Gasteiger partial charge on any atom is 0.422 e. The van der Waals surface area contributed by atoms with E-state index in [4.69, 9.17) is 4.42 Å². The highest BCUT2D eigenvalue weighted by atomic mass is 32.2. The largest absolute Gasteiger partial charge is 0.423 e. The lowest BCUT2D eigenvalue weighted by Crippen LogP contribution is -2.43. The van der Waals surface area contributed by atoms with Gasteiger partial charge in [-0.2, -0.15) is 13.2 Å². The van der Waals surface area contributed by atoms with E-state index < -0.39 is 23.3 Å². The smallest absolute Gasteiger partial charge is 0.422 e. The standard InChI is InChI=1S/C22H15F3N2O4S2/c23-22(24,25)21(30,11-3-4-11)17-10-27-20(33-17)32-12-5-6-13-15(9-18(28)31-16(13)8-12)14-2-1-7-26-19(14)29/h1-2,5-11,30H,3-4H2,(H,26,29). The number of alkyl halides is 3. The summed E-state index contributed by atoms with van der Waals surface area (Å²) < 4.78 is 46.4. The summed E-state index contributed by atoms with van der Waals surface area (Å²) in [6.07, 6.45) is -1.61. The van der Waals surface area contributed by atoms with Gasteiger partial charge in [-0.3, -0.25) is 4.79 Å². The minimum atomic E-state index is -4.79. The fourth-order valence-corrected chi connectivity index (χ4v) is 5.89. The second-order valence-corrected chi connectivity index (χ2v) is 10.0. The fraction of sp³-hybridized carbons (Fsp3) is 0.227. The van der Waals surface area contributed by atoms with Gasteiger partial charge in [0, 0.05) is 45.8 Å². The highest BCUT2D eigenvalue weighted by molar-refractivity contribution is 8.01. The van der Waals surface area contributed by atoms with Gasteiger partial charge in [-0.05, 0) is 43.2 Å². The van der Waals surface area contributed by atoms with E-state index in [9.17, 15) is 27.9 Å². The average Bonchev–Trinajstić information content (AvgIpc) is 3.51. The molecule has 1 saturated carbocycles. The molecular weight excluding hydrogens is 477 g/mol. The Hall–Kier alpha value is -2.89. The van der Waals surface area contributed by atoms with Gasteiger partial charge >= 0.3 is 11.8 Å². The number of benzene rings is 1. The van der Waals surface area contributed by atoms with E-state index in [1.54, 1.807) is 30.3 Å². The van der Waals surface area contributed by atoms with Gasteiger partial charge in [0.25, 0.3) is 5.56 Å². The predicted octanol–water partition coefficient (Wildman–Crippen LogP) is 4.92. The van der Waals surface area contributed by atoms with E-state index in [1.165, 1.54) is 12.3 Å². The number of aromatic amines is 1. The van der Waals surface area contributed by atoms with Crippen LogP contribution in [-0.4, -0.2) is 21.3 Å². The molecule has 0 aliphatic heterocycles. The first-order chi connectivity index (χ1) is 15.7. The van der Waals surface area contributed by atoms with Crippen LogP contribution in [0.2, 0.25) is 0 Å². The van der Waals surface area contributed by atoms with Crippen molar-refractivity contribution in [2.24, 2.45) is 5.92 Å². The minimum Gasteiger partial charge on any atom is -0.423 e. The first-order valence-electron chi connectivity index (χ1n) is 9.86. The first kappa shape index (κ1) is 21.9. The third kappa shape index (κ3) is 3.90. The van der Waals surface area contributed by atoms with Crippen LogP contribution in [0.3, 0.4) is 0 Å². The van der Waals surface area contributed by atoms with Gasteiger partial charge < -0.3 is 14.5 Å². The van der Waals surface area contributed by atoms with E-state index in [0.717, 1.165) is 29.3 Å². The van der Waals surface area contributed by atoms with Crippen molar-refractivity contribution in [3.63, 3.8) is 0 Å². The van der Waals surface area contributed by atoms with Crippen molar-refractivity contribution >= 4 is 34.1 Å². The van der Waals surface area contributed by atoms with Crippen LogP contribution in [-0.2, 0) is 5.60 Å². The van der Waals surface area contributed by atoms with Crippen LogP contribution in [0.5, 0.6) is 0 Å². The molecule has 170 valence electrons. The Morgan fingerprint density at radius 1 is 1.15 bits per heavy atom. The molecule has 1 aromatic carbocycles. The Morgan fingerprint density at radius 3 is 2.64 bits per heavy atom. The molecule has 0 bridgehead atoms. The number of rotatable bonds is 5. The molecule has 3 aromatic heterocycles. The van der Waals surface area contributed by atoms with Crippen LogP contribution in [0.4, 0.5) is 13.2 Å². The molecule has 33 heavy (non-hydrogen) atoms. The molecule has 1 atom stereocenters. The summed E-state index contributed by atoms with van der Waals surface area (Å²) in [5.41, 5.74) is -2.93. The number of nitrogens with one attached hydrogen (secondary N) is 1. The zero-order valence-electron chi connectivity index (χ0n) is 16.7. The summed E-state index contributed by atoms with van der Waals surface area (Å²) in [6, 6.07) is 9.42. The molecular formula is C22H15F3N2O4S2. The van der Waals surface area contributed by atoms with E-state index in [1.807, 2.05) is 0 Å².